The van der Waals surface area contributed by atoms with Crippen LogP contribution >= 0.6 is 0 Å². The third-order valence-corrected chi connectivity index (χ3v) is 4.76. The molecule has 0 aliphatic rings. The monoisotopic (exact) mass is 318 g/mol. The van der Waals surface area contributed by atoms with Gasteiger partial charge in [0, 0.05) is 16.5 Å². The van der Waals surface area contributed by atoms with Crippen LogP contribution in [0.2, 0.25) is 0 Å². The fourth-order valence-electron chi connectivity index (χ4n) is 3.63. The van der Waals surface area contributed by atoms with Crippen LogP contribution < -0.4 is 0 Å². The highest BCUT2D eigenvalue weighted by atomic mass is 15.0. The van der Waals surface area contributed by atoms with Crippen molar-refractivity contribution < 1.29 is 0 Å². The summed E-state index contributed by atoms with van der Waals surface area (Å²) in [7, 11) is 0. The highest BCUT2D eigenvalue weighted by Gasteiger charge is 2.13. The van der Waals surface area contributed by atoms with Crippen LogP contribution in [-0.2, 0) is 0 Å². The lowest BCUT2D eigenvalue weighted by atomic mass is 10.1. The van der Waals surface area contributed by atoms with E-state index >= 15 is 0 Å². The van der Waals surface area contributed by atoms with Gasteiger partial charge in [0.2, 0.25) is 0 Å². The third kappa shape index (κ3) is 2.03. The Hall–Kier alpha value is -3.57. The Labute approximate surface area is 145 Å². The minimum Gasteiger partial charge on any atom is -0.310 e. The molecule has 0 fully saturated rings. The number of benzene rings is 4. The molecule has 0 radical (unpaired) electrons. The minimum atomic E-state index is 0.657. The molecule has 0 spiro atoms. The molecule has 0 bridgehead atoms. The largest absolute Gasteiger partial charge is 0.310 e. The molecule has 0 N–H and O–H groups in total. The Morgan fingerprint density at radius 2 is 1.40 bits per heavy atom. The van der Waals surface area contributed by atoms with Gasteiger partial charge in [-0.25, -0.2) is 4.85 Å². The molecule has 5 aromatic rings. The number of aromatic nitrogens is 1. The maximum absolute atomic E-state index is 7.32. The van der Waals surface area contributed by atoms with Gasteiger partial charge < -0.3 is 4.57 Å². The van der Waals surface area contributed by atoms with Gasteiger partial charge in [-0.3, -0.25) is 0 Å². The van der Waals surface area contributed by atoms with E-state index in [4.69, 9.17) is 6.57 Å². The Morgan fingerprint density at radius 1 is 0.640 bits per heavy atom. The van der Waals surface area contributed by atoms with Crippen LogP contribution in [0.25, 0.3) is 43.1 Å². The summed E-state index contributed by atoms with van der Waals surface area (Å²) in [4.78, 5) is 3.59. The molecule has 2 nitrogen and oxygen atoms in total. The van der Waals surface area contributed by atoms with Gasteiger partial charge in [0.05, 0.1) is 17.6 Å². The average Bonchev–Trinajstić information content (AvgIpc) is 2.99. The molecule has 4 aromatic carbocycles. The molecule has 2 heteroatoms. The van der Waals surface area contributed by atoms with Crippen molar-refractivity contribution in [1.29, 1.82) is 0 Å². The second-order valence-corrected chi connectivity index (χ2v) is 6.20. The fraction of sp³-hybridized carbons (Fsp3) is 0. The summed E-state index contributed by atoms with van der Waals surface area (Å²) in [6, 6.07) is 29.2. The van der Waals surface area contributed by atoms with E-state index in [0.29, 0.717) is 5.69 Å². The highest BCUT2D eigenvalue weighted by Crippen LogP contribution is 2.35. The van der Waals surface area contributed by atoms with Gasteiger partial charge in [0.25, 0.3) is 0 Å². The molecule has 0 aliphatic carbocycles. The van der Waals surface area contributed by atoms with Gasteiger partial charge >= 0.3 is 0 Å². The Kier molecular flexibility index (Phi) is 2.89. The first-order chi connectivity index (χ1) is 12.3. The number of hydrogen-bond donors (Lipinski definition) is 0. The van der Waals surface area contributed by atoms with Gasteiger partial charge in [0.15, 0.2) is 5.69 Å². The second-order valence-electron chi connectivity index (χ2n) is 6.20. The Balaban J connectivity index is 1.99. The van der Waals surface area contributed by atoms with E-state index in [1.165, 1.54) is 27.1 Å². The molecule has 1 heterocycles. The number of para-hydroxylation sites is 1. The summed E-state index contributed by atoms with van der Waals surface area (Å²) in [5.74, 6) is 0. The minimum absolute atomic E-state index is 0.657. The zero-order valence-electron chi connectivity index (χ0n) is 13.5. The maximum atomic E-state index is 7.32. The molecule has 0 atom stereocenters. The van der Waals surface area contributed by atoms with E-state index in [2.05, 4.69) is 76.1 Å². The first-order valence-corrected chi connectivity index (χ1v) is 8.25. The first-order valence-electron chi connectivity index (χ1n) is 8.25. The number of rotatable bonds is 1. The van der Waals surface area contributed by atoms with Crippen LogP contribution in [0.1, 0.15) is 0 Å². The second kappa shape index (κ2) is 5.22. The van der Waals surface area contributed by atoms with Crippen molar-refractivity contribution in [3.63, 3.8) is 0 Å². The quantitative estimate of drug-likeness (QED) is 0.313. The standard InChI is InChI=1S/C23H14N2/c1-24-18-9-6-10-19(15-18)25-22-12-5-4-11-20(22)21-13-16-7-2-3-8-17(16)14-23(21)25/h2-15H. The van der Waals surface area contributed by atoms with Crippen molar-refractivity contribution in [1.82, 2.24) is 4.57 Å². The van der Waals surface area contributed by atoms with Crippen LogP contribution in [0.5, 0.6) is 0 Å². The fourth-order valence-corrected chi connectivity index (χ4v) is 3.63. The molecule has 0 amide bonds. The summed E-state index contributed by atoms with van der Waals surface area (Å²) in [5.41, 5.74) is 4.01. The third-order valence-electron chi connectivity index (χ3n) is 4.76. The lowest BCUT2D eigenvalue weighted by Gasteiger charge is -2.09. The number of hydrogen-bond acceptors (Lipinski definition) is 0. The van der Waals surface area contributed by atoms with Crippen LogP contribution in [0, 0.1) is 6.57 Å². The van der Waals surface area contributed by atoms with Crippen LogP contribution in [-0.4, -0.2) is 4.57 Å². The smallest absolute Gasteiger partial charge is 0.189 e. The zero-order valence-corrected chi connectivity index (χ0v) is 13.5. The summed E-state index contributed by atoms with van der Waals surface area (Å²) >= 11 is 0. The predicted molar refractivity (Wildman–Crippen MR) is 105 cm³/mol. The Morgan fingerprint density at radius 3 is 2.24 bits per heavy atom. The van der Waals surface area contributed by atoms with Gasteiger partial charge in [0.1, 0.15) is 0 Å². The lowest BCUT2D eigenvalue weighted by molar-refractivity contribution is 1.18. The molecular weight excluding hydrogens is 304 g/mol. The first kappa shape index (κ1) is 13.8. The average molecular weight is 318 g/mol. The molecule has 25 heavy (non-hydrogen) atoms. The normalized spacial score (nSPS) is 11.2. The Bertz CT molecular complexity index is 1300. The van der Waals surface area contributed by atoms with Crippen LogP contribution in [0.15, 0.2) is 84.9 Å². The summed E-state index contributed by atoms with van der Waals surface area (Å²) < 4.78 is 2.26. The van der Waals surface area contributed by atoms with E-state index in [1.54, 1.807) is 0 Å². The van der Waals surface area contributed by atoms with Crippen LogP contribution in [0.3, 0.4) is 0 Å². The molecule has 0 saturated heterocycles. The van der Waals surface area contributed by atoms with Gasteiger partial charge in [-0.05, 0) is 41.1 Å². The van der Waals surface area contributed by atoms with Gasteiger partial charge in [-0.1, -0.05) is 54.6 Å². The molecule has 0 saturated carbocycles. The summed E-state index contributed by atoms with van der Waals surface area (Å²) in [5, 5.41) is 4.94. The molecule has 116 valence electrons. The van der Waals surface area contributed by atoms with Crippen molar-refractivity contribution in [3.05, 3.63) is 96.3 Å². The highest BCUT2D eigenvalue weighted by molar-refractivity contribution is 6.13. The zero-order chi connectivity index (χ0) is 16.8. The molecular formula is C23H14N2. The van der Waals surface area contributed by atoms with E-state index in [0.717, 1.165) is 11.2 Å². The van der Waals surface area contributed by atoms with Crippen molar-refractivity contribution in [3.8, 4) is 5.69 Å². The predicted octanol–water partition coefficient (Wildman–Crippen LogP) is 6.49. The van der Waals surface area contributed by atoms with E-state index in [9.17, 15) is 0 Å². The summed E-state index contributed by atoms with van der Waals surface area (Å²) in [6.07, 6.45) is 0. The van der Waals surface area contributed by atoms with Crippen molar-refractivity contribution >= 4 is 38.3 Å². The summed E-state index contributed by atoms with van der Waals surface area (Å²) in [6.45, 7) is 7.32. The lowest BCUT2D eigenvalue weighted by Crippen LogP contribution is -1.93. The van der Waals surface area contributed by atoms with Crippen molar-refractivity contribution in [2.75, 3.05) is 0 Å². The maximum Gasteiger partial charge on any atom is 0.189 e. The number of fused-ring (bicyclic) bond motifs is 4. The van der Waals surface area contributed by atoms with Crippen LogP contribution in [0.4, 0.5) is 5.69 Å². The van der Waals surface area contributed by atoms with Gasteiger partial charge in [-0.2, -0.15) is 0 Å². The molecule has 5 rings (SSSR count). The van der Waals surface area contributed by atoms with E-state index < -0.39 is 0 Å². The van der Waals surface area contributed by atoms with E-state index in [1.807, 2.05) is 18.2 Å². The molecule has 0 aliphatic heterocycles. The molecule has 0 unspecified atom stereocenters. The SMILES string of the molecule is [C-]#[N+]c1cccc(-n2c3ccccc3c3cc4ccccc4cc32)c1. The molecule has 1 aromatic heterocycles. The number of nitrogens with zero attached hydrogens (tertiary/aromatic N) is 2. The van der Waals surface area contributed by atoms with Crippen molar-refractivity contribution in [2.24, 2.45) is 0 Å². The topological polar surface area (TPSA) is 9.29 Å². The van der Waals surface area contributed by atoms with Crippen molar-refractivity contribution in [2.45, 2.75) is 0 Å². The van der Waals surface area contributed by atoms with Gasteiger partial charge in [-0.15, -0.1) is 0 Å². The van der Waals surface area contributed by atoms with E-state index in [-0.39, 0.29) is 0 Å².